The molecule has 1 saturated carbocycles. The van der Waals surface area contributed by atoms with E-state index < -0.39 is 0 Å². The summed E-state index contributed by atoms with van der Waals surface area (Å²) < 4.78 is 0. The molecule has 1 saturated heterocycles. The van der Waals surface area contributed by atoms with Crippen molar-refractivity contribution in [1.82, 2.24) is 5.32 Å². The summed E-state index contributed by atoms with van der Waals surface area (Å²) in [6, 6.07) is 0. The Morgan fingerprint density at radius 1 is 1.33 bits per heavy atom. The summed E-state index contributed by atoms with van der Waals surface area (Å²) in [7, 11) is 0. The van der Waals surface area contributed by atoms with Gasteiger partial charge in [0.15, 0.2) is 0 Å². The van der Waals surface area contributed by atoms with Gasteiger partial charge in [-0.15, -0.1) is 0 Å². The lowest BCUT2D eigenvalue weighted by molar-refractivity contribution is 0.0590. The topological polar surface area (TPSA) is 12.0 Å². The van der Waals surface area contributed by atoms with Crippen LogP contribution < -0.4 is 5.32 Å². The maximum Gasteiger partial charge on any atom is -0.00152 e. The SMILES string of the molecule is CCC1CNCCC12CC(C)(C)CC2C. The van der Waals surface area contributed by atoms with Crippen molar-refractivity contribution >= 4 is 0 Å². The predicted octanol–water partition coefficient (Wildman–Crippen LogP) is 3.45. The zero-order valence-electron chi connectivity index (χ0n) is 10.9. The molecule has 1 heteroatoms. The summed E-state index contributed by atoms with van der Waals surface area (Å²) in [5.41, 5.74) is 1.26. The maximum atomic E-state index is 3.58. The highest BCUT2D eigenvalue weighted by Crippen LogP contribution is 2.59. The van der Waals surface area contributed by atoms with Crippen LogP contribution in [0.15, 0.2) is 0 Å². The lowest BCUT2D eigenvalue weighted by Crippen LogP contribution is -2.46. The summed E-state index contributed by atoms with van der Waals surface area (Å²) in [6.45, 7) is 12.3. The molecule has 0 aromatic heterocycles. The van der Waals surface area contributed by atoms with Crippen LogP contribution in [0.1, 0.15) is 53.4 Å². The molecule has 0 bridgehead atoms. The molecule has 1 heterocycles. The van der Waals surface area contributed by atoms with Crippen molar-refractivity contribution in [2.45, 2.75) is 53.4 Å². The third-order valence-electron chi connectivity index (χ3n) is 5.11. The van der Waals surface area contributed by atoms with Crippen LogP contribution in [-0.2, 0) is 0 Å². The van der Waals surface area contributed by atoms with E-state index in [1.165, 1.54) is 38.8 Å². The van der Waals surface area contributed by atoms with Gasteiger partial charge in [0.05, 0.1) is 0 Å². The van der Waals surface area contributed by atoms with Crippen molar-refractivity contribution in [3.63, 3.8) is 0 Å². The molecule has 1 nitrogen and oxygen atoms in total. The quantitative estimate of drug-likeness (QED) is 0.697. The summed E-state index contributed by atoms with van der Waals surface area (Å²) in [4.78, 5) is 0. The van der Waals surface area contributed by atoms with E-state index in [-0.39, 0.29) is 0 Å². The summed E-state index contributed by atoms with van der Waals surface area (Å²) >= 11 is 0. The molecular weight excluding hydrogens is 182 g/mol. The fourth-order valence-corrected chi connectivity index (χ4v) is 4.61. The molecule has 0 aromatic rings. The monoisotopic (exact) mass is 209 g/mol. The van der Waals surface area contributed by atoms with Crippen molar-refractivity contribution in [2.75, 3.05) is 13.1 Å². The second-order valence-corrected chi connectivity index (χ2v) is 6.74. The van der Waals surface area contributed by atoms with E-state index in [1.807, 2.05) is 0 Å². The van der Waals surface area contributed by atoms with E-state index in [0.717, 1.165) is 11.8 Å². The molecule has 15 heavy (non-hydrogen) atoms. The van der Waals surface area contributed by atoms with Crippen LogP contribution in [0.25, 0.3) is 0 Å². The molecule has 1 aliphatic carbocycles. The summed E-state index contributed by atoms with van der Waals surface area (Å²) in [5, 5.41) is 3.58. The number of piperidine rings is 1. The highest BCUT2D eigenvalue weighted by atomic mass is 14.9. The van der Waals surface area contributed by atoms with Crippen LogP contribution in [0.4, 0.5) is 0 Å². The smallest absolute Gasteiger partial charge is 0.00152 e. The molecule has 1 N–H and O–H groups in total. The molecule has 88 valence electrons. The van der Waals surface area contributed by atoms with E-state index in [9.17, 15) is 0 Å². The van der Waals surface area contributed by atoms with Gasteiger partial charge in [-0.1, -0.05) is 34.1 Å². The van der Waals surface area contributed by atoms with Crippen LogP contribution in [0.2, 0.25) is 0 Å². The van der Waals surface area contributed by atoms with Gasteiger partial charge >= 0.3 is 0 Å². The van der Waals surface area contributed by atoms with Gasteiger partial charge in [0.25, 0.3) is 0 Å². The van der Waals surface area contributed by atoms with Gasteiger partial charge in [-0.3, -0.25) is 0 Å². The molecule has 0 amide bonds. The highest BCUT2D eigenvalue weighted by molar-refractivity contribution is 5.03. The van der Waals surface area contributed by atoms with Crippen molar-refractivity contribution in [3.8, 4) is 0 Å². The zero-order valence-corrected chi connectivity index (χ0v) is 10.9. The van der Waals surface area contributed by atoms with Gasteiger partial charge in [-0.25, -0.2) is 0 Å². The second-order valence-electron chi connectivity index (χ2n) is 6.74. The van der Waals surface area contributed by atoms with Crippen LogP contribution in [0, 0.1) is 22.7 Å². The third-order valence-corrected chi connectivity index (χ3v) is 5.11. The minimum atomic E-state index is 0.587. The largest absolute Gasteiger partial charge is 0.316 e. The maximum absolute atomic E-state index is 3.58. The van der Waals surface area contributed by atoms with E-state index in [2.05, 4.69) is 33.0 Å². The predicted molar refractivity (Wildman–Crippen MR) is 65.9 cm³/mol. The average molecular weight is 209 g/mol. The Bertz CT molecular complexity index is 233. The Labute approximate surface area is 95.0 Å². The Hall–Kier alpha value is -0.0400. The highest BCUT2D eigenvalue weighted by Gasteiger charge is 2.52. The van der Waals surface area contributed by atoms with Crippen LogP contribution >= 0.6 is 0 Å². The van der Waals surface area contributed by atoms with Crippen molar-refractivity contribution < 1.29 is 0 Å². The van der Waals surface area contributed by atoms with Gasteiger partial charge in [-0.05, 0) is 55.0 Å². The fraction of sp³-hybridized carbons (Fsp3) is 1.00. The van der Waals surface area contributed by atoms with E-state index in [1.54, 1.807) is 0 Å². The van der Waals surface area contributed by atoms with E-state index >= 15 is 0 Å². The van der Waals surface area contributed by atoms with Crippen LogP contribution in [-0.4, -0.2) is 13.1 Å². The summed E-state index contributed by atoms with van der Waals surface area (Å²) in [5.74, 6) is 1.85. The lowest BCUT2D eigenvalue weighted by atomic mass is 9.63. The van der Waals surface area contributed by atoms with Crippen LogP contribution in [0.3, 0.4) is 0 Å². The van der Waals surface area contributed by atoms with Crippen molar-refractivity contribution in [2.24, 2.45) is 22.7 Å². The fourth-order valence-electron chi connectivity index (χ4n) is 4.61. The van der Waals surface area contributed by atoms with Gasteiger partial charge in [0.1, 0.15) is 0 Å². The first-order valence-corrected chi connectivity index (χ1v) is 6.71. The Kier molecular flexibility index (Phi) is 2.87. The Morgan fingerprint density at radius 2 is 2.07 bits per heavy atom. The molecule has 3 unspecified atom stereocenters. The number of hydrogen-bond donors (Lipinski definition) is 1. The zero-order chi connectivity index (χ0) is 11.1. The molecule has 2 aliphatic rings. The number of nitrogens with one attached hydrogen (secondary N) is 1. The second kappa shape index (κ2) is 3.76. The molecule has 2 rings (SSSR count). The van der Waals surface area contributed by atoms with Crippen molar-refractivity contribution in [3.05, 3.63) is 0 Å². The number of rotatable bonds is 1. The van der Waals surface area contributed by atoms with Crippen molar-refractivity contribution in [1.29, 1.82) is 0 Å². The molecule has 0 aromatic carbocycles. The average Bonchev–Trinajstić information content (AvgIpc) is 2.38. The summed E-state index contributed by atoms with van der Waals surface area (Å²) in [6.07, 6.45) is 5.66. The molecule has 1 aliphatic heterocycles. The van der Waals surface area contributed by atoms with E-state index in [4.69, 9.17) is 0 Å². The minimum absolute atomic E-state index is 0.587. The first-order valence-electron chi connectivity index (χ1n) is 6.71. The minimum Gasteiger partial charge on any atom is -0.316 e. The molecule has 3 atom stereocenters. The van der Waals surface area contributed by atoms with Gasteiger partial charge in [0.2, 0.25) is 0 Å². The first kappa shape index (κ1) is 11.4. The Morgan fingerprint density at radius 3 is 2.60 bits per heavy atom. The molecule has 2 fully saturated rings. The number of hydrogen-bond acceptors (Lipinski definition) is 1. The van der Waals surface area contributed by atoms with Crippen LogP contribution in [0.5, 0.6) is 0 Å². The van der Waals surface area contributed by atoms with E-state index in [0.29, 0.717) is 10.8 Å². The normalized spacial score (nSPS) is 44.8. The van der Waals surface area contributed by atoms with Gasteiger partial charge in [0, 0.05) is 0 Å². The molecular formula is C14H27N. The molecule has 1 spiro atoms. The lowest BCUT2D eigenvalue weighted by Gasteiger charge is -2.45. The first-order chi connectivity index (χ1) is 7.00. The standard InChI is InChI=1S/C14H27N/c1-5-12-9-15-7-6-14(12)10-13(3,4)8-11(14)2/h11-12,15H,5-10H2,1-4H3. The molecule has 0 radical (unpaired) electrons. The third kappa shape index (κ3) is 1.84. The van der Waals surface area contributed by atoms with Gasteiger partial charge < -0.3 is 5.32 Å². The van der Waals surface area contributed by atoms with Gasteiger partial charge in [-0.2, -0.15) is 0 Å². The Balaban J connectivity index is 2.23.